The van der Waals surface area contributed by atoms with Crippen molar-refractivity contribution in [1.82, 2.24) is 0 Å². The van der Waals surface area contributed by atoms with Crippen LogP contribution >= 0.6 is 22.9 Å². The number of hydrogen-bond acceptors (Lipinski definition) is 3. The second kappa shape index (κ2) is 6.77. The summed E-state index contributed by atoms with van der Waals surface area (Å²) in [6, 6.07) is 9.09. The molecule has 0 fully saturated rings. The number of halogens is 1. The maximum absolute atomic E-state index is 10.9. The predicted molar refractivity (Wildman–Crippen MR) is 84.0 cm³/mol. The molecule has 1 aromatic heterocycles. The number of thiophene rings is 1. The van der Waals surface area contributed by atoms with Crippen molar-refractivity contribution in [2.24, 2.45) is 0 Å². The van der Waals surface area contributed by atoms with E-state index in [9.17, 15) is 4.79 Å². The van der Waals surface area contributed by atoms with Crippen molar-refractivity contribution in [3.8, 4) is 0 Å². The molecule has 2 N–H and O–H groups in total. The van der Waals surface area contributed by atoms with Crippen LogP contribution in [0.15, 0.2) is 35.7 Å². The van der Waals surface area contributed by atoms with Crippen molar-refractivity contribution < 1.29 is 9.90 Å². The van der Waals surface area contributed by atoms with Crippen LogP contribution in [-0.2, 0) is 0 Å². The molecule has 0 aliphatic carbocycles. The molecule has 20 heavy (non-hydrogen) atoms. The number of benzene rings is 1. The van der Waals surface area contributed by atoms with E-state index in [-0.39, 0.29) is 11.6 Å². The number of aromatic carboxylic acids is 1. The molecule has 2 rings (SSSR count). The Morgan fingerprint density at radius 3 is 2.80 bits per heavy atom. The van der Waals surface area contributed by atoms with Crippen molar-refractivity contribution in [2.45, 2.75) is 25.8 Å². The van der Waals surface area contributed by atoms with Gasteiger partial charge in [-0.25, -0.2) is 4.79 Å². The van der Waals surface area contributed by atoms with Crippen LogP contribution in [0.2, 0.25) is 5.02 Å². The molecule has 0 aliphatic rings. The maximum Gasteiger partial charge on any atom is 0.335 e. The van der Waals surface area contributed by atoms with Crippen LogP contribution < -0.4 is 5.32 Å². The number of rotatable bonds is 6. The smallest absolute Gasteiger partial charge is 0.335 e. The zero-order valence-corrected chi connectivity index (χ0v) is 12.7. The number of anilines is 1. The first-order chi connectivity index (χ1) is 9.61. The highest BCUT2D eigenvalue weighted by atomic mass is 35.5. The van der Waals surface area contributed by atoms with Gasteiger partial charge in [0.1, 0.15) is 0 Å². The van der Waals surface area contributed by atoms with Crippen molar-refractivity contribution in [2.75, 3.05) is 5.32 Å². The Hall–Kier alpha value is -1.52. The third-order valence-electron chi connectivity index (χ3n) is 3.01. The molecule has 1 unspecified atom stereocenters. The van der Waals surface area contributed by atoms with E-state index in [4.69, 9.17) is 16.7 Å². The summed E-state index contributed by atoms with van der Waals surface area (Å²) in [4.78, 5) is 12.2. The van der Waals surface area contributed by atoms with Gasteiger partial charge < -0.3 is 10.4 Å². The van der Waals surface area contributed by atoms with Gasteiger partial charge in [0.25, 0.3) is 0 Å². The van der Waals surface area contributed by atoms with E-state index in [1.165, 1.54) is 10.9 Å². The first-order valence-electron chi connectivity index (χ1n) is 6.44. The fraction of sp³-hybridized carbons (Fsp3) is 0.267. The third kappa shape index (κ3) is 3.52. The number of carboxylic acid groups (broad SMARTS) is 1. The zero-order chi connectivity index (χ0) is 14.5. The molecule has 1 aromatic carbocycles. The Balaban J connectivity index is 2.21. The first kappa shape index (κ1) is 14.9. The second-order valence-electron chi connectivity index (χ2n) is 4.50. The average molecular weight is 310 g/mol. The summed E-state index contributed by atoms with van der Waals surface area (Å²) in [5, 5.41) is 14.8. The lowest BCUT2D eigenvalue weighted by atomic mass is 10.1. The molecule has 0 saturated carbocycles. The van der Waals surface area contributed by atoms with Gasteiger partial charge in [-0.1, -0.05) is 31.0 Å². The quantitative estimate of drug-likeness (QED) is 0.784. The van der Waals surface area contributed by atoms with Crippen molar-refractivity contribution in [3.05, 3.63) is 51.2 Å². The van der Waals surface area contributed by atoms with E-state index in [1.807, 2.05) is 6.07 Å². The topological polar surface area (TPSA) is 49.3 Å². The summed E-state index contributed by atoms with van der Waals surface area (Å²) in [6.07, 6.45) is 2.05. The van der Waals surface area contributed by atoms with Crippen molar-refractivity contribution in [3.63, 3.8) is 0 Å². The number of nitrogens with one attached hydrogen (secondary N) is 1. The fourth-order valence-electron chi connectivity index (χ4n) is 2.02. The largest absolute Gasteiger partial charge is 0.478 e. The second-order valence-corrected chi connectivity index (χ2v) is 5.89. The van der Waals surface area contributed by atoms with Gasteiger partial charge in [-0.2, -0.15) is 0 Å². The van der Waals surface area contributed by atoms with Crippen LogP contribution in [0.1, 0.15) is 41.0 Å². The van der Waals surface area contributed by atoms with Crippen LogP contribution in [0.4, 0.5) is 5.69 Å². The standard InChI is InChI=1S/C15H16ClNO2S/c1-2-4-13(14-5-3-8-20-14)17-12-7-6-10(15(18)19)9-11(12)16/h3,5-9,13,17H,2,4H2,1H3,(H,18,19). The van der Waals surface area contributed by atoms with Crippen LogP contribution in [0.3, 0.4) is 0 Å². The lowest BCUT2D eigenvalue weighted by molar-refractivity contribution is 0.0697. The van der Waals surface area contributed by atoms with Gasteiger partial charge in [0, 0.05) is 4.88 Å². The summed E-state index contributed by atoms with van der Waals surface area (Å²) < 4.78 is 0. The van der Waals surface area contributed by atoms with E-state index < -0.39 is 5.97 Å². The minimum Gasteiger partial charge on any atom is -0.478 e. The molecule has 0 spiro atoms. The molecule has 0 saturated heterocycles. The number of carbonyl (C=O) groups is 1. The van der Waals surface area contributed by atoms with Gasteiger partial charge in [-0.15, -0.1) is 11.3 Å². The SMILES string of the molecule is CCCC(Nc1ccc(C(=O)O)cc1Cl)c1cccs1. The lowest BCUT2D eigenvalue weighted by Gasteiger charge is -2.19. The van der Waals surface area contributed by atoms with Crippen molar-refractivity contribution in [1.29, 1.82) is 0 Å². The molecule has 1 atom stereocenters. The lowest BCUT2D eigenvalue weighted by Crippen LogP contribution is -2.10. The van der Waals surface area contributed by atoms with E-state index in [0.29, 0.717) is 5.02 Å². The van der Waals surface area contributed by atoms with E-state index in [0.717, 1.165) is 18.5 Å². The fourth-order valence-corrected chi connectivity index (χ4v) is 3.06. The monoisotopic (exact) mass is 309 g/mol. The summed E-state index contributed by atoms with van der Waals surface area (Å²) >= 11 is 7.86. The predicted octanol–water partition coefficient (Wildman–Crippen LogP) is 5.05. The van der Waals surface area contributed by atoms with Gasteiger partial charge in [0.15, 0.2) is 0 Å². The highest BCUT2D eigenvalue weighted by Gasteiger charge is 2.14. The number of carboxylic acids is 1. The Labute approximate surface area is 127 Å². The molecule has 2 aromatic rings. The van der Waals surface area contributed by atoms with Gasteiger partial charge in [-0.05, 0) is 36.1 Å². The van der Waals surface area contributed by atoms with Gasteiger partial charge >= 0.3 is 5.97 Å². The van der Waals surface area contributed by atoms with Crippen molar-refractivity contribution >= 4 is 34.6 Å². The minimum atomic E-state index is -0.971. The molecule has 0 radical (unpaired) electrons. The Bertz CT molecular complexity index is 584. The number of hydrogen-bond donors (Lipinski definition) is 2. The van der Waals surface area contributed by atoms with Gasteiger partial charge in [0.2, 0.25) is 0 Å². The van der Waals surface area contributed by atoms with Crippen LogP contribution in [0.5, 0.6) is 0 Å². The first-order valence-corrected chi connectivity index (χ1v) is 7.70. The van der Waals surface area contributed by atoms with Gasteiger partial charge in [0.05, 0.1) is 22.3 Å². The summed E-state index contributed by atoms with van der Waals surface area (Å²) in [5.74, 6) is -0.971. The van der Waals surface area contributed by atoms with E-state index in [2.05, 4.69) is 23.7 Å². The van der Waals surface area contributed by atoms with Crippen LogP contribution in [0.25, 0.3) is 0 Å². The van der Waals surface area contributed by atoms with E-state index in [1.54, 1.807) is 23.5 Å². The third-order valence-corrected chi connectivity index (χ3v) is 4.31. The van der Waals surface area contributed by atoms with Crippen LogP contribution in [0, 0.1) is 0 Å². The Morgan fingerprint density at radius 2 is 2.25 bits per heavy atom. The van der Waals surface area contributed by atoms with E-state index >= 15 is 0 Å². The molecule has 106 valence electrons. The average Bonchev–Trinajstić information content (AvgIpc) is 2.94. The highest BCUT2D eigenvalue weighted by Crippen LogP contribution is 2.31. The molecular formula is C15H16ClNO2S. The molecule has 5 heteroatoms. The molecule has 1 heterocycles. The Kier molecular flexibility index (Phi) is 5.04. The summed E-state index contributed by atoms with van der Waals surface area (Å²) in [6.45, 7) is 2.14. The highest BCUT2D eigenvalue weighted by molar-refractivity contribution is 7.10. The Morgan fingerprint density at radius 1 is 1.45 bits per heavy atom. The molecule has 0 bridgehead atoms. The van der Waals surface area contributed by atoms with Gasteiger partial charge in [-0.3, -0.25) is 0 Å². The molecule has 0 amide bonds. The normalized spacial score (nSPS) is 12.1. The minimum absolute atomic E-state index is 0.198. The molecule has 0 aliphatic heterocycles. The van der Waals surface area contributed by atoms with Crippen LogP contribution in [-0.4, -0.2) is 11.1 Å². The zero-order valence-electron chi connectivity index (χ0n) is 11.1. The molecule has 3 nitrogen and oxygen atoms in total. The summed E-state index contributed by atoms with van der Waals surface area (Å²) in [7, 11) is 0. The maximum atomic E-state index is 10.9. The molecular weight excluding hydrogens is 294 g/mol. The summed E-state index contributed by atoms with van der Waals surface area (Å²) in [5.41, 5.74) is 0.965.